The minimum Gasteiger partial charge on any atom is -0.419 e. The summed E-state index contributed by atoms with van der Waals surface area (Å²) in [5, 5.41) is 6.01. The fourth-order valence-corrected chi connectivity index (χ4v) is 1.77. The molecule has 2 aliphatic rings. The normalized spacial score (nSPS) is 24.1. The Morgan fingerprint density at radius 3 is 1.94 bits per heavy atom. The second kappa shape index (κ2) is 4.27. The van der Waals surface area contributed by atoms with Gasteiger partial charge in [0.05, 0.1) is 0 Å². The van der Waals surface area contributed by atoms with Crippen LogP contribution in [-0.2, 0) is 19.1 Å². The summed E-state index contributed by atoms with van der Waals surface area (Å²) >= 11 is 0. The number of nitrogens with one attached hydrogen (secondary N) is 2. The molecule has 2 aliphatic heterocycles. The lowest BCUT2D eigenvalue weighted by molar-refractivity contribution is -0.222. The van der Waals surface area contributed by atoms with Crippen molar-refractivity contribution in [1.29, 1.82) is 0 Å². The Hall–Kier alpha value is -1.72. The lowest BCUT2D eigenvalue weighted by Crippen LogP contribution is -2.44. The van der Waals surface area contributed by atoms with Crippen molar-refractivity contribution in [2.75, 3.05) is 13.1 Å². The molecular weight excluding hydrogens is 224 g/mol. The third-order valence-corrected chi connectivity index (χ3v) is 2.54. The highest BCUT2D eigenvalue weighted by atomic mass is 16.7. The molecule has 0 atom stereocenters. The van der Waals surface area contributed by atoms with E-state index in [1.807, 2.05) is 0 Å². The van der Waals surface area contributed by atoms with E-state index in [1.165, 1.54) is 13.8 Å². The number of ether oxygens (including phenoxy) is 2. The van der Waals surface area contributed by atoms with Gasteiger partial charge in [-0.25, -0.2) is 9.59 Å². The van der Waals surface area contributed by atoms with Crippen LogP contribution in [0.1, 0.15) is 26.7 Å². The predicted octanol–water partition coefficient (Wildman–Crippen LogP) is 0.00710. The van der Waals surface area contributed by atoms with Gasteiger partial charge in [-0.1, -0.05) is 0 Å². The largest absolute Gasteiger partial charge is 0.419 e. The summed E-state index contributed by atoms with van der Waals surface area (Å²) in [7, 11) is 0. The van der Waals surface area contributed by atoms with E-state index in [2.05, 4.69) is 10.6 Å². The number of carbonyl (C=O) groups is 2. The Bertz CT molecular complexity index is 355. The van der Waals surface area contributed by atoms with Gasteiger partial charge in [0.15, 0.2) is 5.57 Å². The average Bonchev–Trinajstić information content (AvgIpc) is 2.43. The quantitative estimate of drug-likeness (QED) is 0.353. The van der Waals surface area contributed by atoms with Crippen LogP contribution < -0.4 is 10.6 Å². The maximum Gasteiger partial charge on any atom is 0.352 e. The van der Waals surface area contributed by atoms with Gasteiger partial charge in [0.1, 0.15) is 5.82 Å². The molecule has 94 valence electrons. The summed E-state index contributed by atoms with van der Waals surface area (Å²) in [6.07, 6.45) is 1.97. The SMILES string of the molecule is CC1(C)OC(=O)C(=C2NCCCCN2)C(=O)O1. The minimum absolute atomic E-state index is 0.0776. The number of cyclic esters (lactones) is 2. The topological polar surface area (TPSA) is 76.7 Å². The Kier molecular flexibility index (Phi) is 2.95. The zero-order valence-electron chi connectivity index (χ0n) is 9.96. The van der Waals surface area contributed by atoms with Gasteiger partial charge in [0, 0.05) is 26.9 Å². The number of carbonyl (C=O) groups excluding carboxylic acids is 2. The monoisotopic (exact) mass is 240 g/mol. The van der Waals surface area contributed by atoms with Gasteiger partial charge in [-0.3, -0.25) is 0 Å². The first-order valence-electron chi connectivity index (χ1n) is 5.68. The van der Waals surface area contributed by atoms with Crippen molar-refractivity contribution in [3.8, 4) is 0 Å². The van der Waals surface area contributed by atoms with Crippen molar-refractivity contribution in [3.63, 3.8) is 0 Å². The van der Waals surface area contributed by atoms with Gasteiger partial charge in [0.2, 0.25) is 0 Å². The molecule has 6 heteroatoms. The summed E-state index contributed by atoms with van der Waals surface area (Å²) in [6, 6.07) is 0. The van der Waals surface area contributed by atoms with Gasteiger partial charge in [-0.2, -0.15) is 0 Å². The van der Waals surface area contributed by atoms with E-state index in [4.69, 9.17) is 9.47 Å². The first-order valence-corrected chi connectivity index (χ1v) is 5.68. The predicted molar refractivity (Wildman–Crippen MR) is 58.5 cm³/mol. The van der Waals surface area contributed by atoms with Crippen molar-refractivity contribution in [1.82, 2.24) is 10.6 Å². The maximum atomic E-state index is 11.8. The van der Waals surface area contributed by atoms with Gasteiger partial charge >= 0.3 is 11.9 Å². The number of hydrogen-bond acceptors (Lipinski definition) is 6. The molecule has 2 heterocycles. The number of rotatable bonds is 0. The Balaban J connectivity index is 2.27. The van der Waals surface area contributed by atoms with Gasteiger partial charge in [-0.15, -0.1) is 0 Å². The second-order valence-corrected chi connectivity index (χ2v) is 4.49. The summed E-state index contributed by atoms with van der Waals surface area (Å²) in [4.78, 5) is 23.5. The molecule has 0 spiro atoms. The van der Waals surface area contributed by atoms with E-state index < -0.39 is 17.7 Å². The molecule has 2 fully saturated rings. The molecule has 0 amide bonds. The molecule has 0 unspecified atom stereocenters. The second-order valence-electron chi connectivity index (χ2n) is 4.49. The minimum atomic E-state index is -1.19. The van der Waals surface area contributed by atoms with Crippen LogP contribution in [0.3, 0.4) is 0 Å². The average molecular weight is 240 g/mol. The molecule has 2 saturated heterocycles. The standard InChI is InChI=1S/C11H16N2O4/c1-11(2)16-9(14)7(10(15)17-11)8-12-5-3-4-6-13-8/h12-13H,3-6H2,1-2H3. The molecule has 0 aromatic carbocycles. The molecule has 0 aromatic heterocycles. The fourth-order valence-electron chi connectivity index (χ4n) is 1.77. The van der Waals surface area contributed by atoms with Crippen molar-refractivity contribution in [2.45, 2.75) is 32.5 Å². The highest BCUT2D eigenvalue weighted by Gasteiger charge is 2.41. The third-order valence-electron chi connectivity index (χ3n) is 2.54. The van der Waals surface area contributed by atoms with Crippen LogP contribution in [0.25, 0.3) is 0 Å². The van der Waals surface area contributed by atoms with Crippen LogP contribution in [0.4, 0.5) is 0 Å². The summed E-state index contributed by atoms with van der Waals surface area (Å²) in [5.74, 6) is -2.08. The van der Waals surface area contributed by atoms with Crippen LogP contribution in [0.15, 0.2) is 11.4 Å². The summed E-state index contributed by atoms with van der Waals surface area (Å²) in [6.45, 7) is 4.49. The molecule has 0 saturated carbocycles. The Labute approximate surface area is 99.3 Å². The van der Waals surface area contributed by atoms with Gasteiger partial charge in [0.25, 0.3) is 5.79 Å². The smallest absolute Gasteiger partial charge is 0.352 e. The zero-order valence-corrected chi connectivity index (χ0v) is 9.96. The van der Waals surface area contributed by atoms with Crippen LogP contribution in [0.5, 0.6) is 0 Å². The Morgan fingerprint density at radius 1 is 1.00 bits per heavy atom. The van der Waals surface area contributed by atoms with Gasteiger partial charge in [-0.05, 0) is 12.8 Å². The van der Waals surface area contributed by atoms with E-state index in [1.54, 1.807) is 0 Å². The molecule has 17 heavy (non-hydrogen) atoms. The van der Waals surface area contributed by atoms with Crippen molar-refractivity contribution in [2.24, 2.45) is 0 Å². The van der Waals surface area contributed by atoms with E-state index >= 15 is 0 Å². The summed E-state index contributed by atoms with van der Waals surface area (Å²) in [5.41, 5.74) is -0.0776. The zero-order chi connectivity index (χ0) is 12.5. The molecule has 0 radical (unpaired) electrons. The van der Waals surface area contributed by atoms with Crippen LogP contribution in [0, 0.1) is 0 Å². The lowest BCUT2D eigenvalue weighted by atomic mass is 10.2. The van der Waals surface area contributed by atoms with Crippen LogP contribution in [-0.4, -0.2) is 30.8 Å². The molecule has 2 rings (SSSR count). The van der Waals surface area contributed by atoms with Crippen molar-refractivity contribution >= 4 is 11.9 Å². The molecule has 0 aromatic rings. The third kappa shape index (κ3) is 2.51. The number of hydrogen-bond donors (Lipinski definition) is 2. The molecule has 0 aliphatic carbocycles. The number of esters is 2. The van der Waals surface area contributed by atoms with Crippen LogP contribution >= 0.6 is 0 Å². The Morgan fingerprint density at radius 2 is 1.47 bits per heavy atom. The molecule has 0 bridgehead atoms. The summed E-state index contributed by atoms with van der Waals surface area (Å²) < 4.78 is 10.1. The van der Waals surface area contributed by atoms with Crippen molar-refractivity contribution in [3.05, 3.63) is 11.4 Å². The maximum absolute atomic E-state index is 11.8. The van der Waals surface area contributed by atoms with E-state index in [0.29, 0.717) is 5.82 Å². The highest BCUT2D eigenvalue weighted by Crippen LogP contribution is 2.23. The molecular formula is C11H16N2O4. The molecule has 2 N–H and O–H groups in total. The van der Waals surface area contributed by atoms with Gasteiger partial charge < -0.3 is 20.1 Å². The lowest BCUT2D eigenvalue weighted by Gasteiger charge is -2.30. The van der Waals surface area contributed by atoms with E-state index in [-0.39, 0.29) is 5.57 Å². The first-order chi connectivity index (χ1) is 7.99. The molecule has 6 nitrogen and oxygen atoms in total. The highest BCUT2D eigenvalue weighted by molar-refractivity contribution is 6.15. The van der Waals surface area contributed by atoms with Crippen LogP contribution in [0.2, 0.25) is 0 Å². The van der Waals surface area contributed by atoms with E-state index in [9.17, 15) is 9.59 Å². The van der Waals surface area contributed by atoms with E-state index in [0.717, 1.165) is 25.9 Å². The first kappa shape index (κ1) is 11.8. The van der Waals surface area contributed by atoms with Crippen molar-refractivity contribution < 1.29 is 19.1 Å². The fraction of sp³-hybridized carbons (Fsp3) is 0.636.